The van der Waals surface area contributed by atoms with E-state index in [1.54, 1.807) is 6.92 Å². The van der Waals surface area contributed by atoms with Crippen molar-refractivity contribution in [2.45, 2.75) is 24.9 Å². The molecule has 4 atom stereocenters. The molecule has 0 radical (unpaired) electrons. The lowest BCUT2D eigenvalue weighted by atomic mass is 9.92. The van der Waals surface area contributed by atoms with E-state index in [-0.39, 0.29) is 12.5 Å². The molecule has 3 N–H and O–H groups in total. The number of methoxy groups -OCH3 is 1. The fourth-order valence-corrected chi connectivity index (χ4v) is 1.41. The summed E-state index contributed by atoms with van der Waals surface area (Å²) in [6.07, 6.45) is -2.15. The molecule has 3 unspecified atom stereocenters. The van der Waals surface area contributed by atoms with E-state index in [1.165, 1.54) is 7.11 Å². The Hall–Kier alpha value is -0.200. The molecule has 0 bridgehead atoms. The number of aliphatic hydroxyl groups excluding tert-OH is 3. The molecular weight excluding hydrogens is 176 g/mol. The minimum atomic E-state index is -1.47. The van der Waals surface area contributed by atoms with Crippen molar-refractivity contribution in [2.75, 3.05) is 20.3 Å². The van der Waals surface area contributed by atoms with Crippen LogP contribution in [0, 0.1) is 5.92 Å². The highest BCUT2D eigenvalue weighted by atomic mass is 16.7. The first-order chi connectivity index (χ1) is 6.07. The van der Waals surface area contributed by atoms with Gasteiger partial charge in [0.25, 0.3) is 0 Å². The van der Waals surface area contributed by atoms with Gasteiger partial charge in [0.05, 0.1) is 19.3 Å². The van der Waals surface area contributed by atoms with Crippen LogP contribution in [0.25, 0.3) is 0 Å². The van der Waals surface area contributed by atoms with Crippen LogP contribution >= 0.6 is 0 Å². The van der Waals surface area contributed by atoms with Gasteiger partial charge in [-0.3, -0.25) is 0 Å². The van der Waals surface area contributed by atoms with Gasteiger partial charge in [-0.15, -0.1) is 0 Å². The Labute approximate surface area is 76.9 Å². The van der Waals surface area contributed by atoms with E-state index >= 15 is 0 Å². The number of aliphatic hydroxyl groups is 3. The summed E-state index contributed by atoms with van der Waals surface area (Å²) >= 11 is 0. The number of hydrogen-bond acceptors (Lipinski definition) is 5. The van der Waals surface area contributed by atoms with E-state index in [0.717, 1.165) is 0 Å². The predicted molar refractivity (Wildman–Crippen MR) is 44.0 cm³/mol. The van der Waals surface area contributed by atoms with Crippen molar-refractivity contribution >= 4 is 0 Å². The Balaban J connectivity index is 2.77. The highest BCUT2D eigenvalue weighted by Gasteiger charge is 2.48. The lowest BCUT2D eigenvalue weighted by Gasteiger charge is -2.43. The Kier molecular flexibility index (Phi) is 3.26. The highest BCUT2D eigenvalue weighted by molar-refractivity contribution is 4.90. The fraction of sp³-hybridized carbons (Fsp3) is 1.00. The molecule has 0 aromatic carbocycles. The zero-order valence-corrected chi connectivity index (χ0v) is 7.80. The molecule has 0 spiro atoms. The first-order valence-electron chi connectivity index (χ1n) is 4.23. The molecule has 78 valence electrons. The van der Waals surface area contributed by atoms with Gasteiger partial charge in [-0.05, 0) is 0 Å². The summed E-state index contributed by atoms with van der Waals surface area (Å²) < 4.78 is 10.1. The van der Waals surface area contributed by atoms with E-state index in [9.17, 15) is 10.2 Å². The van der Waals surface area contributed by atoms with Crippen LogP contribution in [0.1, 0.15) is 6.92 Å². The Bertz CT molecular complexity index is 168. The molecule has 1 rings (SSSR count). The molecule has 0 aromatic heterocycles. The Morgan fingerprint density at radius 3 is 2.62 bits per heavy atom. The lowest BCUT2D eigenvalue weighted by Crippen LogP contribution is -2.61. The van der Waals surface area contributed by atoms with E-state index in [0.29, 0.717) is 0 Å². The van der Waals surface area contributed by atoms with Gasteiger partial charge in [0.2, 0.25) is 5.79 Å². The molecule has 0 amide bonds. The second-order valence-electron chi connectivity index (χ2n) is 3.40. The second kappa shape index (κ2) is 3.89. The maximum atomic E-state index is 9.60. The van der Waals surface area contributed by atoms with Crippen molar-refractivity contribution in [1.29, 1.82) is 0 Å². The summed E-state index contributed by atoms with van der Waals surface area (Å²) in [6, 6.07) is 0. The molecule has 1 saturated heterocycles. The maximum Gasteiger partial charge on any atom is 0.220 e. The van der Waals surface area contributed by atoms with Gasteiger partial charge in [0, 0.05) is 13.0 Å². The fourth-order valence-electron chi connectivity index (χ4n) is 1.41. The van der Waals surface area contributed by atoms with Gasteiger partial charge in [-0.1, -0.05) is 6.92 Å². The average Bonchev–Trinajstić information content (AvgIpc) is 2.16. The van der Waals surface area contributed by atoms with Gasteiger partial charge in [0.15, 0.2) is 0 Å². The van der Waals surface area contributed by atoms with Crippen molar-refractivity contribution in [3.8, 4) is 0 Å². The standard InChI is InChI=1S/C8H16O5/c1-5-3-13-8(4-9,12-2)7(11)6(5)10/h5-7,9-11H,3-4H2,1-2H3/t5-,6?,7?,8?/m1/s1. The SMILES string of the molecule is COC1(CO)OC[C@@H](C)C(O)C1O. The summed E-state index contributed by atoms with van der Waals surface area (Å²) in [4.78, 5) is 0. The Morgan fingerprint density at radius 1 is 1.54 bits per heavy atom. The molecule has 5 heteroatoms. The average molecular weight is 192 g/mol. The zero-order chi connectivity index (χ0) is 10.1. The predicted octanol–water partition coefficient (Wildman–Crippen LogP) is -1.29. The molecule has 1 aliphatic heterocycles. The number of hydrogen-bond donors (Lipinski definition) is 3. The number of rotatable bonds is 2. The molecule has 1 aliphatic rings. The molecule has 1 fully saturated rings. The van der Waals surface area contributed by atoms with Crippen molar-refractivity contribution in [1.82, 2.24) is 0 Å². The summed E-state index contributed by atoms with van der Waals surface area (Å²) in [6.45, 7) is 1.53. The van der Waals surface area contributed by atoms with Crippen LogP contribution in [-0.4, -0.2) is 53.6 Å². The normalized spacial score (nSPS) is 46.4. The summed E-state index contributed by atoms with van der Waals surface area (Å²) in [7, 11) is 1.32. The van der Waals surface area contributed by atoms with Crippen LogP contribution in [0.3, 0.4) is 0 Å². The summed E-state index contributed by atoms with van der Waals surface area (Å²) in [5.41, 5.74) is 0. The third-order valence-corrected chi connectivity index (χ3v) is 2.51. The molecule has 13 heavy (non-hydrogen) atoms. The van der Waals surface area contributed by atoms with Crippen molar-refractivity contribution in [3.05, 3.63) is 0 Å². The van der Waals surface area contributed by atoms with E-state index in [2.05, 4.69) is 0 Å². The molecule has 0 aliphatic carbocycles. The van der Waals surface area contributed by atoms with Crippen LogP contribution in [0.2, 0.25) is 0 Å². The third kappa shape index (κ3) is 1.70. The van der Waals surface area contributed by atoms with Crippen LogP contribution in [0.15, 0.2) is 0 Å². The van der Waals surface area contributed by atoms with Crippen LogP contribution in [0.4, 0.5) is 0 Å². The van der Waals surface area contributed by atoms with E-state index in [1.807, 2.05) is 0 Å². The number of ether oxygens (including phenoxy) is 2. The molecule has 0 saturated carbocycles. The smallest absolute Gasteiger partial charge is 0.220 e. The van der Waals surface area contributed by atoms with Crippen LogP contribution in [0.5, 0.6) is 0 Å². The molecule has 5 nitrogen and oxygen atoms in total. The zero-order valence-electron chi connectivity index (χ0n) is 7.80. The van der Waals surface area contributed by atoms with Crippen molar-refractivity contribution in [2.24, 2.45) is 5.92 Å². The first-order valence-corrected chi connectivity index (χ1v) is 4.23. The van der Waals surface area contributed by atoms with Gasteiger partial charge in [-0.2, -0.15) is 0 Å². The van der Waals surface area contributed by atoms with Crippen molar-refractivity contribution in [3.63, 3.8) is 0 Å². The highest BCUT2D eigenvalue weighted by Crippen LogP contribution is 2.29. The quantitative estimate of drug-likeness (QED) is 0.507. The summed E-state index contributed by atoms with van der Waals surface area (Å²) in [5.74, 6) is -1.63. The first kappa shape index (κ1) is 10.9. The maximum absolute atomic E-state index is 9.60. The minimum Gasteiger partial charge on any atom is -0.391 e. The monoisotopic (exact) mass is 192 g/mol. The van der Waals surface area contributed by atoms with Gasteiger partial charge < -0.3 is 24.8 Å². The Morgan fingerprint density at radius 2 is 2.15 bits per heavy atom. The second-order valence-corrected chi connectivity index (χ2v) is 3.40. The third-order valence-electron chi connectivity index (χ3n) is 2.51. The molecule has 0 aromatic rings. The van der Waals surface area contributed by atoms with E-state index < -0.39 is 24.6 Å². The van der Waals surface area contributed by atoms with Crippen molar-refractivity contribution < 1.29 is 24.8 Å². The van der Waals surface area contributed by atoms with Gasteiger partial charge >= 0.3 is 0 Å². The van der Waals surface area contributed by atoms with Crippen LogP contribution < -0.4 is 0 Å². The lowest BCUT2D eigenvalue weighted by molar-refractivity contribution is -0.333. The summed E-state index contributed by atoms with van der Waals surface area (Å²) in [5, 5.41) is 28.1. The van der Waals surface area contributed by atoms with Gasteiger partial charge in [0.1, 0.15) is 6.10 Å². The topological polar surface area (TPSA) is 79.2 Å². The van der Waals surface area contributed by atoms with Crippen LogP contribution in [-0.2, 0) is 9.47 Å². The molecule has 1 heterocycles. The van der Waals surface area contributed by atoms with E-state index in [4.69, 9.17) is 14.6 Å². The van der Waals surface area contributed by atoms with Gasteiger partial charge in [-0.25, -0.2) is 0 Å². The minimum absolute atomic E-state index is 0.162. The largest absolute Gasteiger partial charge is 0.391 e. The molecular formula is C8H16O5.